The van der Waals surface area contributed by atoms with E-state index in [2.05, 4.69) is 36.3 Å². The Kier molecular flexibility index (Phi) is 5.07. The Labute approximate surface area is 142 Å². The minimum Gasteiger partial charge on any atom is -0.469 e. The maximum atomic E-state index is 11.9. The number of carbonyl (C=O) groups is 1. The molecule has 0 radical (unpaired) electrons. The van der Waals surface area contributed by atoms with Crippen molar-refractivity contribution >= 4 is 23.1 Å². The lowest BCUT2D eigenvalue weighted by Gasteiger charge is -2.29. The van der Waals surface area contributed by atoms with Gasteiger partial charge in [0.15, 0.2) is 5.58 Å². The van der Waals surface area contributed by atoms with Crippen LogP contribution in [0.1, 0.15) is 51.0 Å². The van der Waals surface area contributed by atoms with Crippen LogP contribution in [0.3, 0.4) is 0 Å². The number of hydrogen-bond donors (Lipinski definition) is 1. The minimum absolute atomic E-state index is 0.0202. The molecule has 1 heterocycles. The Bertz CT molecular complexity index is 708. The van der Waals surface area contributed by atoms with E-state index in [-0.39, 0.29) is 17.8 Å². The summed E-state index contributed by atoms with van der Waals surface area (Å²) in [5.74, 6) is 0.617. The fourth-order valence-corrected chi connectivity index (χ4v) is 3.51. The molecule has 1 N–H and O–H groups in total. The van der Waals surface area contributed by atoms with Gasteiger partial charge in [-0.3, -0.25) is 4.79 Å². The smallest absolute Gasteiger partial charge is 0.309 e. The number of anilines is 1. The number of aromatic nitrogens is 1. The van der Waals surface area contributed by atoms with Crippen molar-refractivity contribution in [2.24, 2.45) is 11.8 Å². The van der Waals surface area contributed by atoms with E-state index in [0.717, 1.165) is 36.8 Å². The van der Waals surface area contributed by atoms with Crippen LogP contribution in [0.4, 0.5) is 6.01 Å². The predicted octanol–water partition coefficient (Wildman–Crippen LogP) is 4.34. The summed E-state index contributed by atoms with van der Waals surface area (Å²) in [4.78, 5) is 16.5. The second kappa shape index (κ2) is 7.24. The third kappa shape index (κ3) is 3.55. The molecule has 2 atom stereocenters. The molecule has 0 amide bonds. The molecule has 2 unspecified atom stereocenters. The number of methoxy groups -OCH3 is 1. The van der Waals surface area contributed by atoms with Crippen molar-refractivity contribution < 1.29 is 13.9 Å². The molecule has 2 aromatic rings. The molecule has 0 bridgehead atoms. The summed E-state index contributed by atoms with van der Waals surface area (Å²) in [6.07, 6.45) is 4.19. The van der Waals surface area contributed by atoms with E-state index in [9.17, 15) is 4.79 Å². The highest BCUT2D eigenvalue weighted by Crippen LogP contribution is 2.31. The molecule has 1 aromatic heterocycles. The van der Waals surface area contributed by atoms with Crippen LogP contribution in [0, 0.1) is 11.8 Å². The van der Waals surface area contributed by atoms with Crippen molar-refractivity contribution in [3.05, 3.63) is 23.8 Å². The van der Waals surface area contributed by atoms with Crippen molar-refractivity contribution in [3.8, 4) is 0 Å². The van der Waals surface area contributed by atoms with Crippen molar-refractivity contribution in [2.45, 2.75) is 45.4 Å². The van der Waals surface area contributed by atoms with E-state index in [0.29, 0.717) is 18.5 Å². The molecule has 24 heavy (non-hydrogen) atoms. The number of nitrogens with one attached hydrogen (secondary N) is 1. The molecule has 1 aliphatic carbocycles. The fourth-order valence-electron chi connectivity index (χ4n) is 3.51. The standard InChI is InChI=1S/C19H26N2O3/c1-12(2)13-8-9-17-16(10-13)21-19(24-17)20-11-14-6-4-5-7-15(14)18(22)23-3/h8-10,12,14-15H,4-7,11H2,1-3H3,(H,20,21). The molecule has 1 aromatic carbocycles. The molecular weight excluding hydrogens is 304 g/mol. The van der Waals surface area contributed by atoms with Crippen molar-refractivity contribution in [2.75, 3.05) is 19.0 Å². The van der Waals surface area contributed by atoms with Gasteiger partial charge in [-0.15, -0.1) is 0 Å². The van der Waals surface area contributed by atoms with Crippen LogP contribution >= 0.6 is 0 Å². The zero-order chi connectivity index (χ0) is 17.1. The minimum atomic E-state index is -0.0966. The van der Waals surface area contributed by atoms with Crippen LogP contribution in [-0.2, 0) is 9.53 Å². The first-order chi connectivity index (χ1) is 11.6. The molecule has 1 fully saturated rings. The van der Waals surface area contributed by atoms with Crippen LogP contribution in [-0.4, -0.2) is 24.6 Å². The topological polar surface area (TPSA) is 64.4 Å². The average Bonchev–Trinajstić information content (AvgIpc) is 3.01. The molecule has 130 valence electrons. The van der Waals surface area contributed by atoms with Gasteiger partial charge in [-0.25, -0.2) is 0 Å². The van der Waals surface area contributed by atoms with Crippen LogP contribution < -0.4 is 5.32 Å². The van der Waals surface area contributed by atoms with Crippen LogP contribution in [0.2, 0.25) is 0 Å². The number of oxazole rings is 1. The molecule has 1 aliphatic rings. The van der Waals surface area contributed by atoms with Crippen LogP contribution in [0.15, 0.2) is 22.6 Å². The SMILES string of the molecule is COC(=O)C1CCCCC1CNc1nc2cc(C(C)C)ccc2o1. The van der Waals surface area contributed by atoms with Gasteiger partial charge in [-0.2, -0.15) is 4.98 Å². The summed E-state index contributed by atoms with van der Waals surface area (Å²) in [5, 5.41) is 3.28. The van der Waals surface area contributed by atoms with E-state index in [1.807, 2.05) is 6.07 Å². The molecular formula is C19H26N2O3. The van der Waals surface area contributed by atoms with E-state index in [4.69, 9.17) is 9.15 Å². The lowest BCUT2D eigenvalue weighted by atomic mass is 9.79. The number of esters is 1. The second-order valence-electron chi connectivity index (χ2n) is 6.96. The van der Waals surface area contributed by atoms with Gasteiger partial charge < -0.3 is 14.5 Å². The van der Waals surface area contributed by atoms with Gasteiger partial charge >= 0.3 is 5.97 Å². The maximum Gasteiger partial charge on any atom is 0.309 e. The first-order valence-electron chi connectivity index (χ1n) is 8.80. The number of nitrogens with zero attached hydrogens (tertiary/aromatic N) is 1. The second-order valence-corrected chi connectivity index (χ2v) is 6.96. The van der Waals surface area contributed by atoms with Crippen LogP contribution in [0.25, 0.3) is 11.1 Å². The quantitative estimate of drug-likeness (QED) is 0.826. The molecule has 5 nitrogen and oxygen atoms in total. The van der Waals surface area contributed by atoms with E-state index < -0.39 is 0 Å². The Morgan fingerprint density at radius 2 is 2.17 bits per heavy atom. The monoisotopic (exact) mass is 330 g/mol. The summed E-state index contributed by atoms with van der Waals surface area (Å²) in [5.41, 5.74) is 2.91. The summed E-state index contributed by atoms with van der Waals surface area (Å²) in [6.45, 7) is 5.01. The molecule has 0 saturated heterocycles. The zero-order valence-corrected chi connectivity index (χ0v) is 14.7. The summed E-state index contributed by atoms with van der Waals surface area (Å²) in [7, 11) is 1.47. The Morgan fingerprint density at radius 1 is 1.38 bits per heavy atom. The van der Waals surface area contributed by atoms with Crippen LogP contribution in [0.5, 0.6) is 0 Å². The Balaban J connectivity index is 1.69. The molecule has 3 rings (SSSR count). The number of hydrogen-bond acceptors (Lipinski definition) is 5. The van der Waals surface area contributed by atoms with Gasteiger partial charge in [0.2, 0.25) is 0 Å². The molecule has 0 spiro atoms. The number of benzene rings is 1. The highest BCUT2D eigenvalue weighted by Gasteiger charge is 2.31. The normalized spacial score (nSPS) is 21.2. The lowest BCUT2D eigenvalue weighted by molar-refractivity contribution is -0.148. The zero-order valence-electron chi connectivity index (χ0n) is 14.7. The van der Waals surface area contributed by atoms with Crippen molar-refractivity contribution in [1.29, 1.82) is 0 Å². The number of rotatable bonds is 5. The summed E-state index contributed by atoms with van der Waals surface area (Å²) in [6, 6.07) is 6.66. The predicted molar refractivity (Wildman–Crippen MR) is 94.1 cm³/mol. The third-order valence-corrected chi connectivity index (χ3v) is 5.01. The molecule has 0 aliphatic heterocycles. The highest BCUT2D eigenvalue weighted by molar-refractivity contribution is 5.75. The van der Waals surface area contributed by atoms with Gasteiger partial charge in [-0.05, 0) is 42.4 Å². The molecule has 5 heteroatoms. The molecule has 1 saturated carbocycles. The summed E-state index contributed by atoms with van der Waals surface area (Å²) < 4.78 is 10.7. The lowest BCUT2D eigenvalue weighted by Crippen LogP contribution is -2.32. The Morgan fingerprint density at radius 3 is 2.92 bits per heavy atom. The van der Waals surface area contributed by atoms with Gasteiger partial charge in [-0.1, -0.05) is 32.8 Å². The first-order valence-corrected chi connectivity index (χ1v) is 8.80. The van der Waals surface area contributed by atoms with Gasteiger partial charge in [0.05, 0.1) is 13.0 Å². The van der Waals surface area contributed by atoms with Crippen molar-refractivity contribution in [1.82, 2.24) is 4.98 Å². The first kappa shape index (κ1) is 16.8. The fraction of sp³-hybridized carbons (Fsp3) is 0.579. The van der Waals surface area contributed by atoms with E-state index in [1.165, 1.54) is 12.7 Å². The largest absolute Gasteiger partial charge is 0.469 e. The Hall–Kier alpha value is -2.04. The number of carbonyl (C=O) groups excluding carboxylic acids is 1. The van der Waals surface area contributed by atoms with E-state index >= 15 is 0 Å². The average molecular weight is 330 g/mol. The third-order valence-electron chi connectivity index (χ3n) is 5.01. The number of fused-ring (bicyclic) bond motifs is 1. The van der Waals surface area contributed by atoms with E-state index in [1.54, 1.807) is 0 Å². The van der Waals surface area contributed by atoms with Gasteiger partial charge in [0.25, 0.3) is 6.01 Å². The maximum absolute atomic E-state index is 11.9. The van der Waals surface area contributed by atoms with Crippen molar-refractivity contribution in [3.63, 3.8) is 0 Å². The van der Waals surface area contributed by atoms with Gasteiger partial charge in [0, 0.05) is 6.54 Å². The number of ether oxygens (including phenoxy) is 1. The summed E-state index contributed by atoms with van der Waals surface area (Å²) >= 11 is 0. The van der Waals surface area contributed by atoms with Gasteiger partial charge in [0.1, 0.15) is 5.52 Å². The highest BCUT2D eigenvalue weighted by atomic mass is 16.5.